The van der Waals surface area contributed by atoms with Gasteiger partial charge in [-0.2, -0.15) is 0 Å². The van der Waals surface area contributed by atoms with Crippen molar-refractivity contribution in [3.05, 3.63) is 96.6 Å². The molecule has 0 unspecified atom stereocenters. The van der Waals surface area contributed by atoms with Gasteiger partial charge in [0.25, 0.3) is 10.0 Å². The number of anilines is 1. The molecule has 1 amide bonds. The van der Waals surface area contributed by atoms with E-state index in [1.54, 1.807) is 42.6 Å². The topological polar surface area (TPSA) is 103 Å². The summed E-state index contributed by atoms with van der Waals surface area (Å²) in [6.07, 6.45) is 3.61. The van der Waals surface area contributed by atoms with Gasteiger partial charge in [-0.15, -0.1) is 0 Å². The number of carbonyl (C=O) groups is 1. The Hall–Kier alpha value is -4.31. The van der Waals surface area contributed by atoms with Crippen LogP contribution in [0.2, 0.25) is 0 Å². The van der Waals surface area contributed by atoms with Crippen molar-refractivity contribution in [3.8, 4) is 17.2 Å². The summed E-state index contributed by atoms with van der Waals surface area (Å²) >= 11 is 0. The molecule has 0 aliphatic carbocycles. The van der Waals surface area contributed by atoms with E-state index in [9.17, 15) is 13.2 Å². The highest BCUT2D eigenvalue weighted by Crippen LogP contribution is 2.32. The second-order valence-corrected chi connectivity index (χ2v) is 10.0. The van der Waals surface area contributed by atoms with Gasteiger partial charge >= 0.3 is 0 Å². The Morgan fingerprint density at radius 2 is 1.68 bits per heavy atom. The molecule has 0 radical (unpaired) electrons. The Morgan fingerprint density at radius 1 is 0.973 bits per heavy atom. The average Bonchev–Trinajstić information content (AvgIpc) is 3.36. The molecule has 192 valence electrons. The Morgan fingerprint density at radius 3 is 2.30 bits per heavy atom. The molecule has 0 bridgehead atoms. The second kappa shape index (κ2) is 11.2. The van der Waals surface area contributed by atoms with Crippen molar-refractivity contribution in [3.63, 3.8) is 0 Å². The van der Waals surface area contributed by atoms with E-state index in [1.807, 2.05) is 42.0 Å². The van der Waals surface area contributed by atoms with Crippen LogP contribution < -0.4 is 19.1 Å². The highest BCUT2D eigenvalue weighted by atomic mass is 32.2. The molecule has 1 aromatic heterocycles. The maximum absolute atomic E-state index is 13.6. The number of sulfonamides is 1. The number of para-hydroxylation sites is 2. The van der Waals surface area contributed by atoms with E-state index in [-0.39, 0.29) is 17.1 Å². The van der Waals surface area contributed by atoms with E-state index in [2.05, 4.69) is 10.3 Å². The summed E-state index contributed by atoms with van der Waals surface area (Å²) in [6.45, 7) is 1.73. The predicted molar refractivity (Wildman–Crippen MR) is 141 cm³/mol. The SMILES string of the molecule is COc1ccc(S(=O)(=O)N(CC(=O)NCc2ccc(-n3ccnc3C)cc2)c2ccccc2OC)cc1. The number of carbonyl (C=O) groups excluding carboxylic acids is 1. The van der Waals surface area contributed by atoms with Gasteiger partial charge in [0.15, 0.2) is 0 Å². The third-order valence-electron chi connectivity index (χ3n) is 5.82. The fourth-order valence-electron chi connectivity index (χ4n) is 3.82. The van der Waals surface area contributed by atoms with Crippen molar-refractivity contribution >= 4 is 21.6 Å². The standard InChI is InChI=1S/C27H28N4O5S/c1-20-28-16-17-30(20)22-10-8-21(9-11-22)18-29-27(32)19-31(25-6-4-5-7-26(25)36-3)37(33,34)24-14-12-23(35-2)13-15-24/h4-17H,18-19H2,1-3H3,(H,29,32). The van der Waals surface area contributed by atoms with Crippen LogP contribution in [0.25, 0.3) is 5.69 Å². The number of rotatable bonds is 10. The number of methoxy groups -OCH3 is 2. The molecule has 4 rings (SSSR count). The first-order valence-electron chi connectivity index (χ1n) is 11.5. The first kappa shape index (κ1) is 25.8. The molecule has 0 atom stereocenters. The lowest BCUT2D eigenvalue weighted by molar-refractivity contribution is -0.119. The van der Waals surface area contributed by atoms with Crippen LogP contribution in [-0.4, -0.2) is 44.6 Å². The van der Waals surface area contributed by atoms with Crippen molar-refractivity contribution in [1.82, 2.24) is 14.9 Å². The van der Waals surface area contributed by atoms with Crippen molar-refractivity contribution in [1.29, 1.82) is 0 Å². The molecule has 4 aromatic rings. The molecule has 0 aliphatic rings. The van der Waals surface area contributed by atoms with E-state index in [1.165, 1.54) is 26.4 Å². The molecule has 0 spiro atoms. The van der Waals surface area contributed by atoms with Gasteiger partial charge in [0.2, 0.25) is 5.91 Å². The van der Waals surface area contributed by atoms with E-state index < -0.39 is 22.5 Å². The predicted octanol–water partition coefficient (Wildman–Crippen LogP) is 3.71. The summed E-state index contributed by atoms with van der Waals surface area (Å²) in [5.41, 5.74) is 2.09. The summed E-state index contributed by atoms with van der Waals surface area (Å²) in [6, 6.07) is 20.3. The third kappa shape index (κ3) is 5.75. The number of aromatic nitrogens is 2. The van der Waals surface area contributed by atoms with Gasteiger partial charge in [-0.3, -0.25) is 9.10 Å². The molecule has 0 saturated heterocycles. The summed E-state index contributed by atoms with van der Waals surface area (Å²) < 4.78 is 40.8. The average molecular weight is 521 g/mol. The Bertz CT molecular complexity index is 1470. The largest absolute Gasteiger partial charge is 0.497 e. The monoisotopic (exact) mass is 520 g/mol. The molecule has 0 fully saturated rings. The molecule has 1 heterocycles. The van der Waals surface area contributed by atoms with Gasteiger partial charge in [0, 0.05) is 24.6 Å². The number of aryl methyl sites for hydroxylation is 1. The number of nitrogens with zero attached hydrogens (tertiary/aromatic N) is 3. The molecule has 9 nitrogen and oxygen atoms in total. The summed E-state index contributed by atoms with van der Waals surface area (Å²) in [4.78, 5) is 17.2. The highest BCUT2D eigenvalue weighted by molar-refractivity contribution is 7.92. The van der Waals surface area contributed by atoms with E-state index in [4.69, 9.17) is 9.47 Å². The summed E-state index contributed by atoms with van der Waals surface area (Å²) in [5.74, 6) is 1.26. The number of imidazole rings is 1. The smallest absolute Gasteiger partial charge is 0.264 e. The number of hydrogen-bond acceptors (Lipinski definition) is 6. The molecule has 1 N–H and O–H groups in total. The normalized spacial score (nSPS) is 11.1. The molecule has 3 aromatic carbocycles. The first-order chi connectivity index (χ1) is 17.8. The van der Waals surface area contributed by atoms with E-state index in [0.717, 1.165) is 21.4 Å². The van der Waals surface area contributed by atoms with Crippen molar-refractivity contribution in [2.75, 3.05) is 25.1 Å². The minimum absolute atomic E-state index is 0.0254. The summed E-state index contributed by atoms with van der Waals surface area (Å²) in [7, 11) is -1.14. The van der Waals surface area contributed by atoms with Crippen LogP contribution in [0.1, 0.15) is 11.4 Å². The van der Waals surface area contributed by atoms with Gasteiger partial charge < -0.3 is 19.4 Å². The van der Waals surface area contributed by atoms with Gasteiger partial charge in [-0.1, -0.05) is 24.3 Å². The lowest BCUT2D eigenvalue weighted by Crippen LogP contribution is -2.40. The zero-order valence-electron chi connectivity index (χ0n) is 20.8. The van der Waals surface area contributed by atoms with Crippen molar-refractivity contribution in [2.24, 2.45) is 0 Å². The van der Waals surface area contributed by atoms with Gasteiger partial charge in [0.1, 0.15) is 23.9 Å². The number of hydrogen-bond donors (Lipinski definition) is 1. The molecular weight excluding hydrogens is 492 g/mol. The van der Waals surface area contributed by atoms with Crippen LogP contribution in [0.4, 0.5) is 5.69 Å². The molecule has 0 aliphatic heterocycles. The lowest BCUT2D eigenvalue weighted by atomic mass is 10.2. The Balaban J connectivity index is 1.54. The third-order valence-corrected chi connectivity index (χ3v) is 7.59. The first-order valence-corrected chi connectivity index (χ1v) is 12.9. The van der Waals surface area contributed by atoms with Gasteiger partial charge in [-0.25, -0.2) is 13.4 Å². The molecule has 10 heteroatoms. The van der Waals surface area contributed by atoms with E-state index >= 15 is 0 Å². The van der Waals surface area contributed by atoms with Gasteiger partial charge in [-0.05, 0) is 61.0 Å². The molecule has 0 saturated carbocycles. The minimum Gasteiger partial charge on any atom is -0.497 e. The van der Waals surface area contributed by atoms with E-state index in [0.29, 0.717) is 11.5 Å². The van der Waals surface area contributed by atoms with Crippen LogP contribution in [0, 0.1) is 6.92 Å². The van der Waals surface area contributed by atoms with Crippen LogP contribution >= 0.6 is 0 Å². The zero-order valence-corrected chi connectivity index (χ0v) is 21.6. The Kier molecular flexibility index (Phi) is 7.78. The summed E-state index contributed by atoms with van der Waals surface area (Å²) in [5, 5.41) is 2.82. The van der Waals surface area contributed by atoms with Crippen molar-refractivity contribution < 1.29 is 22.7 Å². The number of amides is 1. The highest BCUT2D eigenvalue weighted by Gasteiger charge is 2.29. The van der Waals surface area contributed by atoms with Crippen LogP contribution in [0.5, 0.6) is 11.5 Å². The number of benzene rings is 3. The maximum atomic E-state index is 13.6. The van der Waals surface area contributed by atoms with Crippen LogP contribution in [0.3, 0.4) is 0 Å². The van der Waals surface area contributed by atoms with Crippen molar-refractivity contribution in [2.45, 2.75) is 18.4 Å². The van der Waals surface area contributed by atoms with Gasteiger partial charge in [0.05, 0.1) is 24.8 Å². The fourth-order valence-corrected chi connectivity index (χ4v) is 5.25. The Labute approximate surface area is 216 Å². The lowest BCUT2D eigenvalue weighted by Gasteiger charge is -2.25. The van der Waals surface area contributed by atoms with Crippen LogP contribution in [0.15, 0.2) is 90.1 Å². The molecule has 37 heavy (non-hydrogen) atoms. The number of ether oxygens (including phenoxy) is 2. The quantitative estimate of drug-likeness (QED) is 0.342. The zero-order chi connectivity index (χ0) is 26.4. The maximum Gasteiger partial charge on any atom is 0.264 e. The van der Waals surface area contributed by atoms with Crippen LogP contribution in [-0.2, 0) is 21.4 Å². The minimum atomic E-state index is -4.10. The fraction of sp³-hybridized carbons (Fsp3) is 0.185. The second-order valence-electron chi connectivity index (χ2n) is 8.15. The number of nitrogens with one attached hydrogen (secondary N) is 1. The molecular formula is C27H28N4O5S.